The van der Waals surface area contributed by atoms with Gasteiger partial charge in [0, 0.05) is 38.3 Å². The van der Waals surface area contributed by atoms with Crippen molar-refractivity contribution in [2.45, 2.75) is 44.2 Å². The summed E-state index contributed by atoms with van der Waals surface area (Å²) >= 11 is 0. The lowest BCUT2D eigenvalue weighted by atomic mass is 10.1. The highest BCUT2D eigenvalue weighted by Crippen LogP contribution is 2.33. The summed E-state index contributed by atoms with van der Waals surface area (Å²) < 4.78 is 41.8. The summed E-state index contributed by atoms with van der Waals surface area (Å²) in [7, 11) is 0. The molecule has 0 aliphatic carbocycles. The van der Waals surface area contributed by atoms with Crippen LogP contribution < -0.4 is 4.74 Å². The third-order valence-electron chi connectivity index (χ3n) is 6.02. The molecule has 0 radical (unpaired) electrons. The lowest BCUT2D eigenvalue weighted by Crippen LogP contribution is -2.45. The highest BCUT2D eigenvalue weighted by Gasteiger charge is 2.42. The van der Waals surface area contributed by atoms with Crippen molar-refractivity contribution >= 4 is 5.97 Å². The second-order valence-electron chi connectivity index (χ2n) is 8.26. The van der Waals surface area contributed by atoms with Gasteiger partial charge in [-0.3, -0.25) is 9.80 Å². The molecule has 0 aromatic heterocycles. The van der Waals surface area contributed by atoms with Gasteiger partial charge >= 0.3 is 12.1 Å². The molecule has 4 rings (SSSR count). The predicted molar refractivity (Wildman–Crippen MR) is 109 cm³/mol. The maximum atomic E-state index is 12.2. The van der Waals surface area contributed by atoms with Crippen LogP contribution in [-0.4, -0.2) is 58.8 Å². The largest absolute Gasteiger partial charge is 0.493 e. The van der Waals surface area contributed by atoms with E-state index in [-0.39, 0.29) is 6.61 Å². The number of aromatic carboxylic acids is 1. The van der Waals surface area contributed by atoms with Gasteiger partial charge in [-0.25, -0.2) is 4.79 Å². The van der Waals surface area contributed by atoms with Gasteiger partial charge in [0.15, 0.2) is 0 Å². The number of hydrogen-bond acceptors (Lipinski definition) is 4. The van der Waals surface area contributed by atoms with Gasteiger partial charge in [-0.2, -0.15) is 13.2 Å². The minimum atomic E-state index is -4.20. The van der Waals surface area contributed by atoms with E-state index < -0.39 is 18.6 Å². The molecule has 8 heteroatoms. The lowest BCUT2D eigenvalue weighted by Gasteiger charge is -2.34. The molecule has 2 atom stereocenters. The number of hydrogen-bond donors (Lipinski definition) is 1. The first-order valence-corrected chi connectivity index (χ1v) is 10.4. The van der Waals surface area contributed by atoms with E-state index in [1.165, 1.54) is 0 Å². The van der Waals surface area contributed by atoms with Crippen LogP contribution >= 0.6 is 0 Å². The van der Waals surface area contributed by atoms with Crippen molar-refractivity contribution in [2.24, 2.45) is 0 Å². The van der Waals surface area contributed by atoms with Crippen molar-refractivity contribution in [1.29, 1.82) is 0 Å². The Labute approximate surface area is 179 Å². The second kappa shape index (κ2) is 8.88. The summed E-state index contributed by atoms with van der Waals surface area (Å²) in [5, 5.41) is 9.01. The van der Waals surface area contributed by atoms with Crippen molar-refractivity contribution in [3.05, 3.63) is 65.2 Å². The number of ether oxygens (including phenoxy) is 1. The number of fused-ring (bicyclic) bond motifs is 2. The van der Waals surface area contributed by atoms with Crippen LogP contribution in [0.15, 0.2) is 48.5 Å². The Balaban J connectivity index is 1.25. The van der Waals surface area contributed by atoms with Crippen LogP contribution in [0.1, 0.15) is 34.3 Å². The number of piperazine rings is 1. The average Bonchev–Trinajstić information content (AvgIpc) is 3.29. The summed E-state index contributed by atoms with van der Waals surface area (Å²) in [4.78, 5) is 15.9. The SMILES string of the molecule is O=C(O)c1ccc(CN2C[C@@H]3C[C@H]2CN3Cc2ccc(OCCC(F)(F)F)cc2)cc1. The number of likely N-dealkylation sites (tertiary alicyclic amines) is 2. The van der Waals surface area contributed by atoms with E-state index in [1.54, 1.807) is 24.3 Å². The summed E-state index contributed by atoms with van der Waals surface area (Å²) in [5.41, 5.74) is 2.53. The Hall–Kier alpha value is -2.58. The van der Waals surface area contributed by atoms with E-state index >= 15 is 0 Å². The molecule has 2 aliphatic heterocycles. The molecule has 2 aromatic rings. The van der Waals surface area contributed by atoms with Gasteiger partial charge in [0.05, 0.1) is 18.6 Å². The van der Waals surface area contributed by atoms with E-state index in [4.69, 9.17) is 9.84 Å². The highest BCUT2D eigenvalue weighted by molar-refractivity contribution is 5.87. The smallest absolute Gasteiger partial charge is 0.392 e. The number of carboxylic acids is 1. The fourth-order valence-corrected chi connectivity index (χ4v) is 4.42. The number of halogens is 3. The Morgan fingerprint density at radius 2 is 1.45 bits per heavy atom. The molecule has 2 fully saturated rings. The van der Waals surface area contributed by atoms with Gasteiger partial charge in [0.2, 0.25) is 0 Å². The van der Waals surface area contributed by atoms with Gasteiger partial charge in [-0.1, -0.05) is 24.3 Å². The first-order valence-electron chi connectivity index (χ1n) is 10.4. The molecule has 0 spiro atoms. The zero-order valence-electron chi connectivity index (χ0n) is 17.0. The molecule has 2 heterocycles. The Kier molecular flexibility index (Phi) is 6.20. The number of carbonyl (C=O) groups is 1. The Bertz CT molecular complexity index is 900. The number of nitrogens with zero attached hydrogens (tertiary/aromatic N) is 2. The zero-order chi connectivity index (χ0) is 22.0. The summed E-state index contributed by atoms with van der Waals surface area (Å²) in [6, 6.07) is 15.3. The summed E-state index contributed by atoms with van der Waals surface area (Å²) in [6.07, 6.45) is -4.04. The first kappa shape index (κ1) is 21.6. The second-order valence-corrected chi connectivity index (χ2v) is 8.26. The standard InChI is InChI=1S/C23H25F3N2O3/c24-23(25,26)9-10-31-21-7-3-17(4-8-21)13-28-15-19-11-20(28)14-27(19)12-16-1-5-18(6-2-16)22(29)30/h1-8,19-20H,9-15H2,(H,29,30)/t19-,20-/m0/s1. The molecule has 0 amide bonds. The van der Waals surface area contributed by atoms with Crippen LogP contribution in [0.2, 0.25) is 0 Å². The van der Waals surface area contributed by atoms with Crippen LogP contribution in [0.5, 0.6) is 5.75 Å². The maximum Gasteiger partial charge on any atom is 0.392 e. The number of benzene rings is 2. The van der Waals surface area contributed by atoms with Crippen LogP contribution in [0, 0.1) is 0 Å². The third kappa shape index (κ3) is 5.57. The molecule has 2 saturated heterocycles. The average molecular weight is 434 g/mol. The molecule has 1 N–H and O–H groups in total. The quantitative estimate of drug-likeness (QED) is 0.676. The van der Waals surface area contributed by atoms with Gasteiger partial charge in [0.25, 0.3) is 0 Å². The van der Waals surface area contributed by atoms with Gasteiger partial charge in [-0.15, -0.1) is 0 Å². The molecule has 2 aromatic carbocycles. The monoisotopic (exact) mass is 434 g/mol. The molecule has 2 aliphatic rings. The fraction of sp³-hybridized carbons (Fsp3) is 0.435. The van der Waals surface area contributed by atoms with Crippen LogP contribution in [0.25, 0.3) is 0 Å². The maximum absolute atomic E-state index is 12.2. The van der Waals surface area contributed by atoms with Crippen molar-refractivity contribution in [3.8, 4) is 5.75 Å². The van der Waals surface area contributed by atoms with E-state index in [1.807, 2.05) is 24.3 Å². The number of carboxylic acid groups (broad SMARTS) is 1. The van der Waals surface area contributed by atoms with Crippen LogP contribution in [0.3, 0.4) is 0 Å². The van der Waals surface area contributed by atoms with Crippen molar-refractivity contribution in [1.82, 2.24) is 9.80 Å². The molecule has 0 saturated carbocycles. The number of alkyl halides is 3. The van der Waals surface area contributed by atoms with Crippen molar-refractivity contribution in [2.75, 3.05) is 19.7 Å². The highest BCUT2D eigenvalue weighted by atomic mass is 19.4. The zero-order valence-corrected chi connectivity index (χ0v) is 17.0. The molecule has 2 bridgehead atoms. The van der Waals surface area contributed by atoms with E-state index in [0.29, 0.717) is 23.4 Å². The normalized spacial score (nSPS) is 21.5. The van der Waals surface area contributed by atoms with Gasteiger partial charge < -0.3 is 9.84 Å². The third-order valence-corrected chi connectivity index (χ3v) is 6.02. The van der Waals surface area contributed by atoms with E-state index in [9.17, 15) is 18.0 Å². The van der Waals surface area contributed by atoms with E-state index in [0.717, 1.165) is 43.7 Å². The molecule has 5 nitrogen and oxygen atoms in total. The Morgan fingerprint density at radius 3 is 1.90 bits per heavy atom. The lowest BCUT2D eigenvalue weighted by molar-refractivity contribution is -0.139. The van der Waals surface area contributed by atoms with Gasteiger partial charge in [-0.05, 0) is 41.8 Å². The Morgan fingerprint density at radius 1 is 0.935 bits per heavy atom. The minimum Gasteiger partial charge on any atom is -0.493 e. The van der Waals surface area contributed by atoms with Crippen LogP contribution in [-0.2, 0) is 13.1 Å². The minimum absolute atomic E-state index is 0.301. The first-order chi connectivity index (χ1) is 14.8. The summed E-state index contributed by atoms with van der Waals surface area (Å²) in [5.74, 6) is -0.459. The van der Waals surface area contributed by atoms with Crippen molar-refractivity contribution < 1.29 is 27.8 Å². The molecule has 31 heavy (non-hydrogen) atoms. The van der Waals surface area contributed by atoms with Gasteiger partial charge in [0.1, 0.15) is 5.75 Å². The fourth-order valence-electron chi connectivity index (χ4n) is 4.42. The topological polar surface area (TPSA) is 53.0 Å². The van der Waals surface area contributed by atoms with E-state index in [2.05, 4.69) is 9.80 Å². The molecule has 166 valence electrons. The predicted octanol–water partition coefficient (Wildman–Crippen LogP) is 4.17. The van der Waals surface area contributed by atoms with Crippen molar-refractivity contribution in [3.63, 3.8) is 0 Å². The van der Waals surface area contributed by atoms with Crippen LogP contribution in [0.4, 0.5) is 13.2 Å². The molecular weight excluding hydrogens is 409 g/mol. The molecule has 0 unspecified atom stereocenters. The summed E-state index contributed by atoms with van der Waals surface area (Å²) in [6.45, 7) is 3.21. The number of rotatable bonds is 8. The molecular formula is C23H25F3N2O3.